The van der Waals surface area contributed by atoms with E-state index in [4.69, 9.17) is 4.74 Å². The van der Waals surface area contributed by atoms with Gasteiger partial charge in [0.2, 0.25) is 0 Å². The van der Waals surface area contributed by atoms with Crippen LogP contribution in [-0.2, 0) is 14.9 Å². The normalized spacial score (nSPS) is 11.3. The molecule has 0 unspecified atom stereocenters. The van der Waals surface area contributed by atoms with Crippen LogP contribution in [0.4, 0.5) is 0 Å². The molecule has 0 aliphatic heterocycles. The van der Waals surface area contributed by atoms with Crippen LogP contribution in [0.3, 0.4) is 0 Å². The largest absolute Gasteiger partial charge is 0.463 e. The smallest absolute Gasteiger partial charge is 0.307 e. The van der Waals surface area contributed by atoms with Gasteiger partial charge < -0.3 is 10.1 Å². The fourth-order valence-electron chi connectivity index (χ4n) is 1.82. The van der Waals surface area contributed by atoms with Gasteiger partial charge in [-0.25, -0.2) is 0 Å². The Morgan fingerprint density at radius 2 is 1.71 bits per heavy atom. The van der Waals surface area contributed by atoms with Gasteiger partial charge in [-0.05, 0) is 37.0 Å². The van der Waals surface area contributed by atoms with Gasteiger partial charge in [-0.1, -0.05) is 32.9 Å². The summed E-state index contributed by atoms with van der Waals surface area (Å²) >= 11 is 0. The molecule has 1 N–H and O–H groups in total. The molecular weight excluding hydrogens is 266 g/mol. The van der Waals surface area contributed by atoms with E-state index in [9.17, 15) is 9.59 Å². The maximum Gasteiger partial charge on any atom is 0.307 e. The van der Waals surface area contributed by atoms with Gasteiger partial charge in [0.05, 0.1) is 12.5 Å². The molecule has 1 aromatic carbocycles. The lowest BCUT2D eigenvalue weighted by Crippen LogP contribution is -2.27. The van der Waals surface area contributed by atoms with E-state index in [1.807, 2.05) is 24.3 Å². The summed E-state index contributed by atoms with van der Waals surface area (Å²) in [6.45, 7) is 10.3. The molecule has 1 amide bonds. The molecule has 0 aliphatic rings. The van der Waals surface area contributed by atoms with Crippen LogP contribution >= 0.6 is 0 Å². The number of carbonyl (C=O) groups is 2. The van der Waals surface area contributed by atoms with Crippen molar-refractivity contribution in [2.24, 2.45) is 0 Å². The topological polar surface area (TPSA) is 55.4 Å². The van der Waals surface area contributed by atoms with Gasteiger partial charge in [0.25, 0.3) is 5.91 Å². The second-order valence-electron chi connectivity index (χ2n) is 6.37. The number of benzene rings is 1. The first-order valence-electron chi connectivity index (χ1n) is 7.28. The lowest BCUT2D eigenvalue weighted by atomic mass is 9.87. The van der Waals surface area contributed by atoms with Crippen molar-refractivity contribution in [1.82, 2.24) is 5.32 Å². The molecule has 4 heteroatoms. The third kappa shape index (κ3) is 5.98. The Morgan fingerprint density at radius 3 is 2.19 bits per heavy atom. The van der Waals surface area contributed by atoms with Gasteiger partial charge in [-0.2, -0.15) is 0 Å². The molecule has 0 fully saturated rings. The van der Waals surface area contributed by atoms with E-state index in [0.717, 1.165) is 0 Å². The molecule has 1 rings (SSSR count). The van der Waals surface area contributed by atoms with Crippen LogP contribution in [0.5, 0.6) is 0 Å². The Balaban J connectivity index is 2.48. The average molecular weight is 291 g/mol. The predicted molar refractivity (Wildman–Crippen MR) is 83.3 cm³/mol. The molecule has 0 atom stereocenters. The summed E-state index contributed by atoms with van der Waals surface area (Å²) in [6.07, 6.45) is 0.0578. The molecule has 0 bridgehead atoms. The van der Waals surface area contributed by atoms with Crippen LogP contribution in [0.1, 0.15) is 57.0 Å². The Labute approximate surface area is 126 Å². The van der Waals surface area contributed by atoms with Gasteiger partial charge in [-0.15, -0.1) is 0 Å². The van der Waals surface area contributed by atoms with Crippen molar-refractivity contribution in [2.45, 2.75) is 52.6 Å². The number of nitrogens with one attached hydrogen (secondary N) is 1. The SMILES string of the molecule is CC(C)OC(=O)CCNC(=O)c1ccc(C(C)(C)C)cc1. The number of carbonyl (C=O) groups excluding carboxylic acids is 2. The van der Waals surface area contributed by atoms with E-state index in [1.165, 1.54) is 5.56 Å². The zero-order valence-corrected chi connectivity index (χ0v) is 13.5. The van der Waals surface area contributed by atoms with E-state index in [0.29, 0.717) is 5.56 Å². The fourth-order valence-corrected chi connectivity index (χ4v) is 1.82. The highest BCUT2D eigenvalue weighted by atomic mass is 16.5. The van der Waals surface area contributed by atoms with Gasteiger partial charge >= 0.3 is 5.97 Å². The van der Waals surface area contributed by atoms with Gasteiger partial charge in [0.15, 0.2) is 0 Å². The van der Waals surface area contributed by atoms with Crippen LogP contribution in [0, 0.1) is 0 Å². The lowest BCUT2D eigenvalue weighted by Gasteiger charge is -2.19. The molecule has 4 nitrogen and oxygen atoms in total. The van der Waals surface area contributed by atoms with E-state index in [1.54, 1.807) is 13.8 Å². The number of hydrogen-bond donors (Lipinski definition) is 1. The van der Waals surface area contributed by atoms with Crippen molar-refractivity contribution >= 4 is 11.9 Å². The van der Waals surface area contributed by atoms with Crippen LogP contribution in [0.15, 0.2) is 24.3 Å². The predicted octanol–water partition coefficient (Wildman–Crippen LogP) is 3.06. The average Bonchev–Trinajstić information content (AvgIpc) is 2.36. The van der Waals surface area contributed by atoms with Gasteiger partial charge in [0.1, 0.15) is 0 Å². The summed E-state index contributed by atoms with van der Waals surface area (Å²) in [7, 11) is 0. The van der Waals surface area contributed by atoms with Crippen LogP contribution in [-0.4, -0.2) is 24.5 Å². The Kier molecular flexibility index (Phi) is 5.94. The molecule has 0 saturated heterocycles. The molecule has 1 aromatic rings. The van der Waals surface area contributed by atoms with Crippen LogP contribution < -0.4 is 5.32 Å². The van der Waals surface area contributed by atoms with E-state index >= 15 is 0 Å². The van der Waals surface area contributed by atoms with E-state index < -0.39 is 0 Å². The minimum absolute atomic E-state index is 0.0651. The minimum Gasteiger partial charge on any atom is -0.463 e. The van der Waals surface area contributed by atoms with Crippen molar-refractivity contribution < 1.29 is 14.3 Å². The van der Waals surface area contributed by atoms with Gasteiger partial charge in [0, 0.05) is 12.1 Å². The first kappa shape index (κ1) is 17.2. The summed E-state index contributed by atoms with van der Waals surface area (Å²) in [5, 5.41) is 2.72. The van der Waals surface area contributed by atoms with E-state index in [-0.39, 0.29) is 36.4 Å². The highest BCUT2D eigenvalue weighted by molar-refractivity contribution is 5.94. The molecule has 0 heterocycles. The second kappa shape index (κ2) is 7.25. The highest BCUT2D eigenvalue weighted by Crippen LogP contribution is 2.22. The Morgan fingerprint density at radius 1 is 1.14 bits per heavy atom. The maximum absolute atomic E-state index is 11.9. The monoisotopic (exact) mass is 291 g/mol. The zero-order chi connectivity index (χ0) is 16.0. The number of ether oxygens (including phenoxy) is 1. The molecule has 0 saturated carbocycles. The molecule has 116 valence electrons. The Hall–Kier alpha value is -1.84. The first-order chi connectivity index (χ1) is 9.70. The standard InChI is InChI=1S/C17H25NO3/c1-12(2)21-15(19)10-11-18-16(20)13-6-8-14(9-7-13)17(3,4)5/h6-9,12H,10-11H2,1-5H3,(H,18,20). The summed E-state index contributed by atoms with van der Waals surface area (Å²) < 4.78 is 5.00. The Bertz CT molecular complexity index is 484. The van der Waals surface area contributed by atoms with Crippen molar-refractivity contribution in [3.05, 3.63) is 35.4 Å². The number of rotatable bonds is 5. The number of esters is 1. The third-order valence-electron chi connectivity index (χ3n) is 2.99. The zero-order valence-electron chi connectivity index (χ0n) is 13.5. The van der Waals surface area contributed by atoms with Crippen molar-refractivity contribution in [1.29, 1.82) is 0 Å². The summed E-state index contributed by atoms with van der Waals surface area (Å²) in [4.78, 5) is 23.3. The summed E-state index contributed by atoms with van der Waals surface area (Å²) in [6, 6.07) is 7.54. The number of hydrogen-bond acceptors (Lipinski definition) is 3. The second-order valence-corrected chi connectivity index (χ2v) is 6.37. The quantitative estimate of drug-likeness (QED) is 0.848. The number of amides is 1. The van der Waals surface area contributed by atoms with Gasteiger partial charge in [-0.3, -0.25) is 9.59 Å². The highest BCUT2D eigenvalue weighted by Gasteiger charge is 2.14. The molecule has 0 aliphatic carbocycles. The van der Waals surface area contributed by atoms with Crippen LogP contribution in [0.2, 0.25) is 0 Å². The third-order valence-corrected chi connectivity index (χ3v) is 2.99. The van der Waals surface area contributed by atoms with Crippen molar-refractivity contribution in [3.8, 4) is 0 Å². The molecular formula is C17H25NO3. The molecule has 0 aromatic heterocycles. The summed E-state index contributed by atoms with van der Waals surface area (Å²) in [5.74, 6) is -0.471. The van der Waals surface area contributed by atoms with Crippen LogP contribution in [0.25, 0.3) is 0 Å². The van der Waals surface area contributed by atoms with Crippen molar-refractivity contribution in [2.75, 3.05) is 6.54 Å². The first-order valence-corrected chi connectivity index (χ1v) is 7.28. The molecule has 0 spiro atoms. The van der Waals surface area contributed by atoms with Crippen molar-refractivity contribution in [3.63, 3.8) is 0 Å². The lowest BCUT2D eigenvalue weighted by molar-refractivity contribution is -0.147. The maximum atomic E-state index is 11.9. The van der Waals surface area contributed by atoms with E-state index in [2.05, 4.69) is 26.1 Å². The minimum atomic E-state index is -0.298. The molecule has 0 radical (unpaired) electrons. The molecule has 21 heavy (non-hydrogen) atoms. The fraction of sp³-hybridized carbons (Fsp3) is 0.529. The summed E-state index contributed by atoms with van der Waals surface area (Å²) in [5.41, 5.74) is 1.84.